The minimum Gasteiger partial charge on any atom is -0.289 e. The summed E-state index contributed by atoms with van der Waals surface area (Å²) in [6, 6.07) is 24.7. The monoisotopic (exact) mass is 474 g/mol. The molecular formula is C28H22N6S. The second-order valence-corrected chi connectivity index (χ2v) is 9.25. The molecule has 0 amide bonds. The van der Waals surface area contributed by atoms with E-state index in [4.69, 9.17) is 4.98 Å². The number of nitrogens with one attached hydrogen (secondary N) is 1. The Labute approximate surface area is 206 Å². The molecule has 35 heavy (non-hydrogen) atoms. The molecule has 0 unspecified atom stereocenters. The molecule has 0 spiro atoms. The normalized spacial score (nSPS) is 11.6. The van der Waals surface area contributed by atoms with Crippen LogP contribution in [0.15, 0.2) is 89.5 Å². The standard InChI is InChI=1S/C28H22N6S/c1-18-12-13-21(16-19(18)2)25-22-10-6-7-11-23(22)27(33-31-25)32-29-17-24-26(20-8-4-3-5-9-20)30-28-34(24)14-15-35-28/h3-17H,1-2H3,(H,32,33)/b29-17-. The van der Waals surface area contributed by atoms with E-state index in [1.165, 1.54) is 11.1 Å². The number of rotatable bonds is 5. The van der Waals surface area contributed by atoms with Crippen LogP contribution in [0.25, 0.3) is 38.2 Å². The second kappa shape index (κ2) is 8.77. The molecule has 6 aromatic rings. The van der Waals surface area contributed by atoms with Crippen LogP contribution in [-0.4, -0.2) is 25.8 Å². The van der Waals surface area contributed by atoms with Crippen LogP contribution >= 0.6 is 11.3 Å². The quantitative estimate of drug-likeness (QED) is 0.222. The number of hydrogen-bond donors (Lipinski definition) is 1. The average Bonchev–Trinajstić information content (AvgIpc) is 3.49. The van der Waals surface area contributed by atoms with Crippen LogP contribution in [0.1, 0.15) is 16.8 Å². The van der Waals surface area contributed by atoms with Gasteiger partial charge in [0.05, 0.1) is 17.6 Å². The zero-order valence-corrected chi connectivity index (χ0v) is 20.1. The minimum absolute atomic E-state index is 0.608. The van der Waals surface area contributed by atoms with E-state index in [1.54, 1.807) is 17.6 Å². The highest BCUT2D eigenvalue weighted by Gasteiger charge is 2.14. The van der Waals surface area contributed by atoms with Crippen LogP contribution in [0, 0.1) is 13.8 Å². The Morgan fingerprint density at radius 1 is 0.829 bits per heavy atom. The molecule has 6 rings (SSSR count). The lowest BCUT2D eigenvalue weighted by molar-refractivity contribution is 1.04. The number of imidazole rings is 1. The molecule has 0 bridgehead atoms. The molecule has 3 aromatic carbocycles. The van der Waals surface area contributed by atoms with E-state index >= 15 is 0 Å². The third kappa shape index (κ3) is 3.86. The van der Waals surface area contributed by atoms with Gasteiger partial charge in [0, 0.05) is 33.5 Å². The highest BCUT2D eigenvalue weighted by molar-refractivity contribution is 7.15. The Hall–Kier alpha value is -4.36. The number of hydrazone groups is 1. The molecule has 0 saturated carbocycles. The highest BCUT2D eigenvalue weighted by atomic mass is 32.1. The van der Waals surface area contributed by atoms with Crippen molar-refractivity contribution < 1.29 is 0 Å². The average molecular weight is 475 g/mol. The van der Waals surface area contributed by atoms with E-state index in [0.717, 1.165) is 43.9 Å². The lowest BCUT2D eigenvalue weighted by Crippen LogP contribution is -2.00. The van der Waals surface area contributed by atoms with E-state index in [9.17, 15) is 0 Å². The van der Waals surface area contributed by atoms with Gasteiger partial charge in [0.25, 0.3) is 0 Å². The topological polar surface area (TPSA) is 67.5 Å². The van der Waals surface area contributed by atoms with Crippen LogP contribution in [0.2, 0.25) is 0 Å². The first-order valence-electron chi connectivity index (χ1n) is 11.3. The largest absolute Gasteiger partial charge is 0.289 e. The first-order chi connectivity index (χ1) is 17.2. The molecule has 0 aliphatic carbocycles. The van der Waals surface area contributed by atoms with Gasteiger partial charge < -0.3 is 0 Å². The van der Waals surface area contributed by atoms with Gasteiger partial charge in [-0.25, -0.2) is 4.98 Å². The Balaban J connectivity index is 1.38. The third-order valence-electron chi connectivity index (χ3n) is 6.17. The summed E-state index contributed by atoms with van der Waals surface area (Å²) in [7, 11) is 0. The molecule has 0 aliphatic heterocycles. The SMILES string of the molecule is Cc1ccc(-c2nnc(N/N=C\c3c(-c4ccccc4)nc4sccn34)c3ccccc23)cc1C. The molecule has 7 heteroatoms. The number of fused-ring (bicyclic) bond motifs is 2. The minimum atomic E-state index is 0.608. The fourth-order valence-corrected chi connectivity index (χ4v) is 4.90. The number of hydrogen-bond acceptors (Lipinski definition) is 6. The molecule has 0 saturated heterocycles. The Kier molecular flexibility index (Phi) is 5.31. The summed E-state index contributed by atoms with van der Waals surface area (Å²) in [4.78, 5) is 5.74. The third-order valence-corrected chi connectivity index (χ3v) is 6.93. The Bertz CT molecular complexity index is 1700. The molecule has 170 valence electrons. The number of nitrogens with zero attached hydrogens (tertiary/aromatic N) is 5. The maximum atomic E-state index is 4.81. The van der Waals surface area contributed by atoms with Crippen molar-refractivity contribution in [2.45, 2.75) is 13.8 Å². The van der Waals surface area contributed by atoms with Gasteiger partial charge in [-0.15, -0.1) is 21.5 Å². The van der Waals surface area contributed by atoms with E-state index in [-0.39, 0.29) is 0 Å². The van der Waals surface area contributed by atoms with Crippen LogP contribution in [-0.2, 0) is 0 Å². The number of anilines is 1. The molecule has 0 aliphatic rings. The van der Waals surface area contributed by atoms with Crippen molar-refractivity contribution in [2.24, 2.45) is 5.10 Å². The Morgan fingerprint density at radius 3 is 2.46 bits per heavy atom. The zero-order valence-electron chi connectivity index (χ0n) is 19.3. The van der Waals surface area contributed by atoms with Gasteiger partial charge in [-0.2, -0.15) is 5.10 Å². The fraction of sp³-hybridized carbons (Fsp3) is 0.0714. The van der Waals surface area contributed by atoms with Gasteiger partial charge >= 0.3 is 0 Å². The molecule has 0 radical (unpaired) electrons. The molecule has 3 heterocycles. The van der Waals surface area contributed by atoms with Crippen molar-refractivity contribution in [3.8, 4) is 22.5 Å². The van der Waals surface area contributed by atoms with Crippen LogP contribution < -0.4 is 5.43 Å². The maximum Gasteiger partial charge on any atom is 0.194 e. The predicted octanol–water partition coefficient (Wildman–Crippen LogP) is 6.74. The summed E-state index contributed by atoms with van der Waals surface area (Å²) >= 11 is 1.60. The lowest BCUT2D eigenvalue weighted by atomic mass is 10.0. The smallest absolute Gasteiger partial charge is 0.194 e. The zero-order chi connectivity index (χ0) is 23.8. The molecule has 0 fully saturated rings. The van der Waals surface area contributed by atoms with E-state index < -0.39 is 0 Å². The molecule has 3 aromatic heterocycles. The van der Waals surface area contributed by atoms with Crippen molar-refractivity contribution in [3.63, 3.8) is 0 Å². The summed E-state index contributed by atoms with van der Waals surface area (Å²) in [5.74, 6) is 0.608. The lowest BCUT2D eigenvalue weighted by Gasteiger charge is -2.10. The summed E-state index contributed by atoms with van der Waals surface area (Å²) in [5, 5.41) is 17.6. The van der Waals surface area contributed by atoms with Crippen LogP contribution in [0.5, 0.6) is 0 Å². The summed E-state index contributed by atoms with van der Waals surface area (Å²) in [5.41, 5.74) is 10.4. The maximum absolute atomic E-state index is 4.81. The van der Waals surface area contributed by atoms with Gasteiger partial charge in [0.15, 0.2) is 10.8 Å². The molecule has 6 nitrogen and oxygen atoms in total. The highest BCUT2D eigenvalue weighted by Crippen LogP contribution is 2.31. The number of aromatic nitrogens is 4. The number of aryl methyl sites for hydroxylation is 2. The van der Waals surface area contributed by atoms with Crippen molar-refractivity contribution in [3.05, 3.63) is 101 Å². The van der Waals surface area contributed by atoms with Crippen molar-refractivity contribution in [2.75, 3.05) is 5.43 Å². The van der Waals surface area contributed by atoms with E-state index in [0.29, 0.717) is 5.82 Å². The van der Waals surface area contributed by atoms with Gasteiger partial charge in [-0.3, -0.25) is 9.83 Å². The molecular weight excluding hydrogens is 452 g/mol. The summed E-state index contributed by atoms with van der Waals surface area (Å²) < 4.78 is 2.05. The van der Waals surface area contributed by atoms with Gasteiger partial charge in [0.1, 0.15) is 5.69 Å². The Morgan fingerprint density at radius 2 is 1.63 bits per heavy atom. The van der Waals surface area contributed by atoms with E-state index in [1.807, 2.05) is 52.4 Å². The fourth-order valence-electron chi connectivity index (χ4n) is 4.18. The predicted molar refractivity (Wildman–Crippen MR) is 144 cm³/mol. The van der Waals surface area contributed by atoms with Gasteiger partial charge in [0.2, 0.25) is 0 Å². The number of thiazole rings is 1. The molecule has 1 N–H and O–H groups in total. The van der Waals surface area contributed by atoms with E-state index in [2.05, 4.69) is 71.0 Å². The molecule has 0 atom stereocenters. The van der Waals surface area contributed by atoms with Gasteiger partial charge in [-0.1, -0.05) is 66.7 Å². The van der Waals surface area contributed by atoms with Crippen molar-refractivity contribution in [1.29, 1.82) is 0 Å². The van der Waals surface area contributed by atoms with Gasteiger partial charge in [-0.05, 0) is 31.0 Å². The first kappa shape index (κ1) is 21.2. The van der Waals surface area contributed by atoms with Crippen LogP contribution in [0.3, 0.4) is 0 Å². The van der Waals surface area contributed by atoms with Crippen molar-refractivity contribution in [1.82, 2.24) is 19.6 Å². The van der Waals surface area contributed by atoms with Crippen LogP contribution in [0.4, 0.5) is 5.82 Å². The first-order valence-corrected chi connectivity index (χ1v) is 12.2. The van der Waals surface area contributed by atoms with Crippen molar-refractivity contribution >= 4 is 39.1 Å². The number of benzene rings is 3. The second-order valence-electron chi connectivity index (χ2n) is 8.38. The summed E-state index contributed by atoms with van der Waals surface area (Å²) in [6.07, 6.45) is 3.80. The summed E-state index contributed by atoms with van der Waals surface area (Å²) in [6.45, 7) is 4.23.